The van der Waals surface area contributed by atoms with Crippen molar-refractivity contribution >= 4 is 5.78 Å². The number of Topliss-reactive ketones (excluding diaryl/α,β-unsaturated/α-hetero) is 1. The molecule has 0 bridgehead atoms. The molecule has 0 rings (SSSR count). The van der Waals surface area contributed by atoms with Crippen molar-refractivity contribution in [3.05, 3.63) is 0 Å². The number of aliphatic hydroxyl groups is 2. The predicted octanol–water partition coefficient (Wildman–Crippen LogP) is -0.188. The van der Waals surface area contributed by atoms with Gasteiger partial charge < -0.3 is 10.2 Å². The molecule has 0 amide bonds. The molecule has 0 aromatic carbocycles. The van der Waals surface area contributed by atoms with Crippen LogP contribution in [0.4, 0.5) is 0 Å². The predicted molar refractivity (Wildman–Crippen MR) is 35.1 cm³/mol. The van der Waals surface area contributed by atoms with Gasteiger partial charge in [-0.15, -0.1) is 0 Å². The average molecular weight is 134 g/mol. The number of carbonyl (C=O) groups excluding carboxylic acids is 1. The standard InChI is InChI=1S/C5H10O3.CH4/c1-4(8)5(2-6)3-7;/h5-7H,2-3H2,1H3;1H4. The minimum absolute atomic E-state index is 0. The van der Waals surface area contributed by atoms with Gasteiger partial charge in [0.1, 0.15) is 5.78 Å². The van der Waals surface area contributed by atoms with Gasteiger partial charge in [0.2, 0.25) is 0 Å². The van der Waals surface area contributed by atoms with Crippen molar-refractivity contribution in [1.82, 2.24) is 0 Å². The number of aliphatic hydroxyl groups excluding tert-OH is 2. The third-order valence-corrected chi connectivity index (χ3v) is 1.02. The van der Waals surface area contributed by atoms with Gasteiger partial charge in [-0.05, 0) is 6.92 Å². The highest BCUT2D eigenvalue weighted by Crippen LogP contribution is 1.92. The zero-order valence-corrected chi connectivity index (χ0v) is 4.79. The maximum absolute atomic E-state index is 10.3. The molecule has 0 radical (unpaired) electrons. The van der Waals surface area contributed by atoms with Crippen LogP contribution in [0.25, 0.3) is 0 Å². The molecule has 56 valence electrons. The Morgan fingerprint density at radius 2 is 1.78 bits per heavy atom. The van der Waals surface area contributed by atoms with E-state index >= 15 is 0 Å². The van der Waals surface area contributed by atoms with Crippen molar-refractivity contribution in [2.24, 2.45) is 5.92 Å². The topological polar surface area (TPSA) is 57.5 Å². The molecule has 2 N–H and O–H groups in total. The second-order valence-electron chi connectivity index (χ2n) is 1.67. The van der Waals surface area contributed by atoms with E-state index in [4.69, 9.17) is 10.2 Å². The number of hydrogen-bond acceptors (Lipinski definition) is 3. The minimum Gasteiger partial charge on any atom is -0.396 e. The summed E-state index contributed by atoms with van der Waals surface area (Å²) in [6.45, 7) is 0.828. The van der Waals surface area contributed by atoms with Gasteiger partial charge in [-0.25, -0.2) is 0 Å². The van der Waals surface area contributed by atoms with E-state index in [0.29, 0.717) is 0 Å². The van der Waals surface area contributed by atoms with Crippen LogP contribution in [0, 0.1) is 5.92 Å². The lowest BCUT2D eigenvalue weighted by Gasteiger charge is -2.02. The Hall–Kier alpha value is -0.410. The van der Waals surface area contributed by atoms with Crippen molar-refractivity contribution in [3.8, 4) is 0 Å². The summed E-state index contributed by atoms with van der Waals surface area (Å²) in [5.41, 5.74) is 0. The van der Waals surface area contributed by atoms with Gasteiger partial charge in [0.25, 0.3) is 0 Å². The van der Waals surface area contributed by atoms with E-state index in [0.717, 1.165) is 0 Å². The number of hydrogen-bond donors (Lipinski definition) is 2. The summed E-state index contributed by atoms with van der Waals surface area (Å²) in [5, 5.41) is 16.6. The molecule has 3 heteroatoms. The summed E-state index contributed by atoms with van der Waals surface area (Å²) in [6, 6.07) is 0. The molecule has 0 atom stereocenters. The maximum atomic E-state index is 10.3. The molecule has 9 heavy (non-hydrogen) atoms. The first-order valence-corrected chi connectivity index (χ1v) is 2.44. The molecule has 0 saturated carbocycles. The van der Waals surface area contributed by atoms with Gasteiger partial charge in [-0.2, -0.15) is 0 Å². The van der Waals surface area contributed by atoms with E-state index in [1.165, 1.54) is 6.92 Å². The van der Waals surface area contributed by atoms with E-state index in [1.807, 2.05) is 0 Å². The van der Waals surface area contributed by atoms with Crippen molar-refractivity contribution in [2.75, 3.05) is 13.2 Å². The summed E-state index contributed by atoms with van der Waals surface area (Å²) < 4.78 is 0. The zero-order chi connectivity index (χ0) is 6.57. The number of carbonyl (C=O) groups is 1. The highest BCUT2D eigenvalue weighted by molar-refractivity contribution is 5.78. The van der Waals surface area contributed by atoms with Crippen LogP contribution in [0.1, 0.15) is 14.4 Å². The summed E-state index contributed by atoms with van der Waals surface area (Å²) in [5.74, 6) is -0.745. The molecular formula is C6H14O3. The third kappa shape index (κ3) is 4.12. The van der Waals surface area contributed by atoms with Gasteiger partial charge in [-0.3, -0.25) is 4.79 Å². The fourth-order valence-corrected chi connectivity index (χ4v) is 0.315. The van der Waals surface area contributed by atoms with Crippen molar-refractivity contribution in [1.29, 1.82) is 0 Å². The van der Waals surface area contributed by atoms with E-state index in [2.05, 4.69) is 0 Å². The monoisotopic (exact) mass is 134 g/mol. The molecule has 0 aliphatic rings. The van der Waals surface area contributed by atoms with Gasteiger partial charge in [0, 0.05) is 0 Å². The number of ketones is 1. The first-order chi connectivity index (χ1) is 3.72. The van der Waals surface area contributed by atoms with Gasteiger partial charge in [-0.1, -0.05) is 7.43 Å². The van der Waals surface area contributed by atoms with Crippen molar-refractivity contribution < 1.29 is 15.0 Å². The van der Waals surface area contributed by atoms with Gasteiger partial charge in [0.05, 0.1) is 19.1 Å². The second kappa shape index (κ2) is 5.72. The molecular weight excluding hydrogens is 120 g/mol. The molecule has 0 aromatic rings. The van der Waals surface area contributed by atoms with Crippen LogP contribution in [0.5, 0.6) is 0 Å². The van der Waals surface area contributed by atoms with Crippen LogP contribution in [-0.4, -0.2) is 29.2 Å². The summed E-state index contributed by atoms with van der Waals surface area (Å²) in [7, 11) is 0. The highest BCUT2D eigenvalue weighted by Gasteiger charge is 2.09. The molecule has 0 spiro atoms. The summed E-state index contributed by atoms with van der Waals surface area (Å²) >= 11 is 0. The molecule has 0 saturated heterocycles. The average Bonchev–Trinajstić information content (AvgIpc) is 1.69. The van der Waals surface area contributed by atoms with Crippen LogP contribution in [-0.2, 0) is 4.79 Å². The summed E-state index contributed by atoms with van der Waals surface area (Å²) in [6.07, 6.45) is 0. The maximum Gasteiger partial charge on any atom is 0.137 e. The quantitative estimate of drug-likeness (QED) is 0.562. The molecule has 0 aliphatic carbocycles. The Morgan fingerprint density at radius 3 is 1.78 bits per heavy atom. The van der Waals surface area contributed by atoms with Crippen molar-refractivity contribution in [2.45, 2.75) is 14.4 Å². The van der Waals surface area contributed by atoms with Crippen LogP contribution in [0.2, 0.25) is 0 Å². The van der Waals surface area contributed by atoms with Gasteiger partial charge >= 0.3 is 0 Å². The smallest absolute Gasteiger partial charge is 0.137 e. The fraction of sp³-hybridized carbons (Fsp3) is 0.833. The Balaban J connectivity index is 0. The number of rotatable bonds is 3. The Kier molecular flexibility index (Phi) is 7.24. The lowest BCUT2D eigenvalue weighted by atomic mass is 10.1. The first-order valence-electron chi connectivity index (χ1n) is 2.44. The fourth-order valence-electron chi connectivity index (χ4n) is 0.315. The zero-order valence-electron chi connectivity index (χ0n) is 4.79. The molecule has 0 fully saturated rings. The first kappa shape index (κ1) is 11.4. The highest BCUT2D eigenvalue weighted by atomic mass is 16.3. The molecule has 0 aromatic heterocycles. The van der Waals surface area contributed by atoms with Crippen LogP contribution in [0.3, 0.4) is 0 Å². The van der Waals surface area contributed by atoms with Gasteiger partial charge in [0.15, 0.2) is 0 Å². The minimum atomic E-state index is -0.574. The Morgan fingerprint density at radius 1 is 1.44 bits per heavy atom. The molecule has 0 unspecified atom stereocenters. The van der Waals surface area contributed by atoms with Crippen LogP contribution < -0.4 is 0 Å². The van der Waals surface area contributed by atoms with E-state index in [-0.39, 0.29) is 26.4 Å². The largest absolute Gasteiger partial charge is 0.396 e. The SMILES string of the molecule is C.CC(=O)C(CO)CO. The Bertz CT molecular complexity index is 76.4. The lowest BCUT2D eigenvalue weighted by Crippen LogP contribution is -2.18. The molecule has 0 aliphatic heterocycles. The normalized spacial score (nSPS) is 8.89. The second-order valence-corrected chi connectivity index (χ2v) is 1.67. The molecule has 3 nitrogen and oxygen atoms in total. The van der Waals surface area contributed by atoms with E-state index in [9.17, 15) is 4.79 Å². The van der Waals surface area contributed by atoms with Crippen molar-refractivity contribution in [3.63, 3.8) is 0 Å². The Labute approximate surface area is 55.3 Å². The van der Waals surface area contributed by atoms with Crippen LogP contribution >= 0.6 is 0 Å². The van der Waals surface area contributed by atoms with E-state index in [1.54, 1.807) is 0 Å². The summed E-state index contributed by atoms with van der Waals surface area (Å²) in [4.78, 5) is 10.3. The van der Waals surface area contributed by atoms with Crippen LogP contribution in [0.15, 0.2) is 0 Å². The lowest BCUT2D eigenvalue weighted by molar-refractivity contribution is -0.123. The van der Waals surface area contributed by atoms with E-state index < -0.39 is 5.92 Å². The third-order valence-electron chi connectivity index (χ3n) is 1.02. The molecule has 0 heterocycles.